The van der Waals surface area contributed by atoms with Gasteiger partial charge in [0.1, 0.15) is 11.4 Å². The summed E-state index contributed by atoms with van der Waals surface area (Å²) in [4.78, 5) is 2.34. The van der Waals surface area contributed by atoms with E-state index in [1.165, 1.54) is 0 Å². The van der Waals surface area contributed by atoms with Gasteiger partial charge >= 0.3 is 0 Å². The van der Waals surface area contributed by atoms with Crippen LogP contribution < -0.4 is 5.32 Å². The van der Waals surface area contributed by atoms with Crippen LogP contribution >= 0.6 is 0 Å². The highest BCUT2D eigenvalue weighted by molar-refractivity contribution is 5.44. The fraction of sp³-hybridized carbons (Fsp3) is 0.385. The Morgan fingerprint density at radius 1 is 1.21 bits per heavy atom. The quantitative estimate of drug-likeness (QED) is 0.834. The Bertz CT molecular complexity index is 547. The summed E-state index contributed by atoms with van der Waals surface area (Å²) in [7, 11) is 0. The minimum atomic E-state index is 0.209. The number of hydrogen-bond donors (Lipinski definition) is 2. The average molecular weight is 259 g/mol. The zero-order valence-electron chi connectivity index (χ0n) is 10.7. The lowest BCUT2D eigenvalue weighted by Crippen LogP contribution is -2.42. The van der Waals surface area contributed by atoms with Gasteiger partial charge in [-0.3, -0.25) is 4.90 Å². The number of phenolic OH excluding ortho intramolecular Hbond substituents is 1. The molecule has 1 aromatic carbocycles. The number of rotatable bonds is 3. The molecule has 0 amide bonds. The van der Waals surface area contributed by atoms with Gasteiger partial charge in [-0.2, -0.15) is 0 Å². The molecule has 3 rings (SSSR count). The van der Waals surface area contributed by atoms with Crippen molar-refractivity contribution in [1.29, 1.82) is 0 Å². The molecule has 0 bridgehead atoms. The zero-order valence-corrected chi connectivity index (χ0v) is 10.7. The summed E-state index contributed by atoms with van der Waals surface area (Å²) in [5.41, 5.74) is 1.58. The topological polar surface area (TPSA) is 66.2 Å². The van der Waals surface area contributed by atoms with Crippen LogP contribution in [0.1, 0.15) is 5.69 Å². The van der Waals surface area contributed by atoms with Crippen LogP contribution in [0.3, 0.4) is 0 Å². The van der Waals surface area contributed by atoms with Crippen LogP contribution in [-0.4, -0.2) is 51.2 Å². The Kier molecular flexibility index (Phi) is 3.43. The van der Waals surface area contributed by atoms with E-state index in [0.717, 1.165) is 38.4 Å². The summed E-state index contributed by atoms with van der Waals surface area (Å²) >= 11 is 0. The van der Waals surface area contributed by atoms with Crippen molar-refractivity contribution in [1.82, 2.24) is 25.2 Å². The van der Waals surface area contributed by atoms with Gasteiger partial charge in [0.2, 0.25) is 0 Å². The Labute approximate surface area is 111 Å². The molecule has 2 heterocycles. The van der Waals surface area contributed by atoms with E-state index in [9.17, 15) is 5.11 Å². The van der Waals surface area contributed by atoms with Crippen LogP contribution in [-0.2, 0) is 6.54 Å². The first-order valence-corrected chi connectivity index (χ1v) is 6.45. The van der Waals surface area contributed by atoms with E-state index in [1.807, 2.05) is 18.3 Å². The molecule has 2 N–H and O–H groups in total. The van der Waals surface area contributed by atoms with Gasteiger partial charge in [0.25, 0.3) is 0 Å². The number of aromatic nitrogens is 3. The third-order valence-corrected chi connectivity index (χ3v) is 3.26. The molecule has 1 aliphatic rings. The largest absolute Gasteiger partial charge is 0.506 e. The van der Waals surface area contributed by atoms with Crippen molar-refractivity contribution in [3.8, 4) is 11.4 Å². The van der Waals surface area contributed by atoms with Gasteiger partial charge in [-0.25, -0.2) is 4.68 Å². The molecule has 0 radical (unpaired) electrons. The highest BCUT2D eigenvalue weighted by atomic mass is 16.3. The number of benzene rings is 1. The molecule has 0 atom stereocenters. The molecule has 100 valence electrons. The smallest absolute Gasteiger partial charge is 0.141 e. The zero-order chi connectivity index (χ0) is 13.1. The summed E-state index contributed by atoms with van der Waals surface area (Å²) < 4.78 is 1.62. The average Bonchev–Trinajstić information content (AvgIpc) is 2.89. The molecule has 1 fully saturated rings. The van der Waals surface area contributed by atoms with Crippen LogP contribution in [0.5, 0.6) is 5.75 Å². The Morgan fingerprint density at radius 2 is 2.00 bits per heavy atom. The standard InChI is InChI=1S/C13H17N5O/c19-13-4-2-1-3-12(13)18-10-11(15-16-18)9-17-7-5-14-6-8-17/h1-4,10,14,19H,5-9H2. The molecule has 0 aliphatic carbocycles. The summed E-state index contributed by atoms with van der Waals surface area (Å²) in [5, 5.41) is 21.4. The molecule has 0 unspecified atom stereocenters. The second kappa shape index (κ2) is 5.38. The van der Waals surface area contributed by atoms with E-state index >= 15 is 0 Å². The van der Waals surface area contributed by atoms with Gasteiger partial charge in [-0.05, 0) is 12.1 Å². The summed E-state index contributed by atoms with van der Waals surface area (Å²) in [6, 6.07) is 7.12. The second-order valence-electron chi connectivity index (χ2n) is 4.67. The van der Waals surface area contributed by atoms with Gasteiger partial charge in [0.05, 0.1) is 11.9 Å². The Morgan fingerprint density at radius 3 is 2.79 bits per heavy atom. The van der Waals surface area contributed by atoms with Gasteiger partial charge in [0, 0.05) is 32.7 Å². The SMILES string of the molecule is Oc1ccccc1-n1cc(CN2CCNCC2)nn1. The molecule has 1 saturated heterocycles. The van der Waals surface area contributed by atoms with Crippen molar-refractivity contribution in [3.05, 3.63) is 36.2 Å². The van der Waals surface area contributed by atoms with E-state index in [1.54, 1.807) is 16.8 Å². The van der Waals surface area contributed by atoms with E-state index in [4.69, 9.17) is 0 Å². The van der Waals surface area contributed by atoms with Crippen LogP contribution in [0.2, 0.25) is 0 Å². The van der Waals surface area contributed by atoms with Gasteiger partial charge in [-0.1, -0.05) is 17.3 Å². The summed E-state index contributed by atoms with van der Waals surface area (Å²) in [6.07, 6.45) is 1.87. The highest BCUT2D eigenvalue weighted by Crippen LogP contribution is 2.19. The van der Waals surface area contributed by atoms with Gasteiger partial charge in [-0.15, -0.1) is 5.10 Å². The van der Waals surface area contributed by atoms with Gasteiger partial charge in [0.15, 0.2) is 0 Å². The van der Waals surface area contributed by atoms with Crippen LogP contribution in [0.25, 0.3) is 5.69 Å². The maximum Gasteiger partial charge on any atom is 0.141 e. The third kappa shape index (κ3) is 2.74. The number of nitrogens with one attached hydrogen (secondary N) is 1. The number of nitrogens with zero attached hydrogens (tertiary/aromatic N) is 4. The summed E-state index contributed by atoms with van der Waals surface area (Å²) in [6.45, 7) is 4.91. The predicted molar refractivity (Wildman–Crippen MR) is 71.2 cm³/mol. The lowest BCUT2D eigenvalue weighted by atomic mass is 10.3. The van der Waals surface area contributed by atoms with Crippen LogP contribution in [0.15, 0.2) is 30.5 Å². The molecule has 19 heavy (non-hydrogen) atoms. The minimum Gasteiger partial charge on any atom is -0.506 e. The van der Waals surface area contributed by atoms with Crippen molar-refractivity contribution < 1.29 is 5.11 Å². The van der Waals surface area contributed by atoms with E-state index in [2.05, 4.69) is 20.5 Å². The lowest BCUT2D eigenvalue weighted by molar-refractivity contribution is 0.230. The first kappa shape index (κ1) is 12.1. The maximum absolute atomic E-state index is 9.79. The molecule has 6 nitrogen and oxygen atoms in total. The first-order valence-electron chi connectivity index (χ1n) is 6.45. The van der Waals surface area contributed by atoms with Crippen molar-refractivity contribution in [2.75, 3.05) is 26.2 Å². The predicted octanol–water partition coefficient (Wildman–Crippen LogP) is 0.378. The van der Waals surface area contributed by atoms with Gasteiger partial charge < -0.3 is 10.4 Å². The van der Waals surface area contributed by atoms with E-state index < -0.39 is 0 Å². The molecule has 6 heteroatoms. The number of hydrogen-bond acceptors (Lipinski definition) is 5. The molecule has 2 aromatic rings. The molecular weight excluding hydrogens is 242 g/mol. The van der Waals surface area contributed by atoms with Crippen LogP contribution in [0.4, 0.5) is 0 Å². The van der Waals surface area contributed by atoms with Crippen molar-refractivity contribution in [2.45, 2.75) is 6.54 Å². The van der Waals surface area contributed by atoms with E-state index in [0.29, 0.717) is 5.69 Å². The number of aromatic hydroxyl groups is 1. The number of piperazine rings is 1. The fourth-order valence-electron chi connectivity index (χ4n) is 2.24. The Balaban J connectivity index is 1.74. The normalized spacial score (nSPS) is 16.6. The molecule has 0 saturated carbocycles. The van der Waals surface area contributed by atoms with Crippen molar-refractivity contribution in [2.24, 2.45) is 0 Å². The number of phenols is 1. The van der Waals surface area contributed by atoms with E-state index in [-0.39, 0.29) is 5.75 Å². The molecule has 0 spiro atoms. The minimum absolute atomic E-state index is 0.209. The molecule has 1 aromatic heterocycles. The fourth-order valence-corrected chi connectivity index (χ4v) is 2.24. The third-order valence-electron chi connectivity index (χ3n) is 3.26. The molecular formula is C13H17N5O. The van der Waals surface area contributed by atoms with Crippen LogP contribution in [0, 0.1) is 0 Å². The monoisotopic (exact) mass is 259 g/mol. The highest BCUT2D eigenvalue weighted by Gasteiger charge is 2.13. The molecule has 1 aliphatic heterocycles. The summed E-state index contributed by atoms with van der Waals surface area (Å²) in [5.74, 6) is 0.209. The van der Waals surface area contributed by atoms with Crippen molar-refractivity contribution >= 4 is 0 Å². The first-order chi connectivity index (χ1) is 9.33. The Hall–Kier alpha value is -1.92. The maximum atomic E-state index is 9.79. The second-order valence-corrected chi connectivity index (χ2v) is 4.67. The van der Waals surface area contributed by atoms with Crippen molar-refractivity contribution in [3.63, 3.8) is 0 Å². The lowest BCUT2D eigenvalue weighted by Gasteiger charge is -2.25. The number of para-hydroxylation sites is 2.